The Balaban J connectivity index is 1.77. The predicted molar refractivity (Wildman–Crippen MR) is 95.0 cm³/mol. The fourth-order valence-electron chi connectivity index (χ4n) is 2.83. The first kappa shape index (κ1) is 16.6. The van der Waals surface area contributed by atoms with E-state index in [-0.39, 0.29) is 24.3 Å². The summed E-state index contributed by atoms with van der Waals surface area (Å²) in [5.41, 5.74) is 2.50. The summed E-state index contributed by atoms with van der Waals surface area (Å²) in [5.74, 6) is 1.30. The molecule has 1 aromatic heterocycles. The minimum atomic E-state index is -0.281. The van der Waals surface area contributed by atoms with Crippen molar-refractivity contribution in [2.45, 2.75) is 12.5 Å². The fourth-order valence-corrected chi connectivity index (χ4v) is 3.89. The van der Waals surface area contributed by atoms with Gasteiger partial charge in [0.05, 0.1) is 19.6 Å². The summed E-state index contributed by atoms with van der Waals surface area (Å²) in [6.45, 7) is 0.644. The van der Waals surface area contributed by atoms with Crippen molar-refractivity contribution < 1.29 is 14.3 Å². The number of esters is 1. The molecule has 126 valence electrons. The monoisotopic (exact) mass is 344 g/mol. The number of carbonyl (C=O) groups is 2. The van der Waals surface area contributed by atoms with Gasteiger partial charge in [-0.3, -0.25) is 9.59 Å². The number of aromatic nitrogens is 1. The van der Waals surface area contributed by atoms with Crippen LogP contribution < -0.4 is 0 Å². The van der Waals surface area contributed by atoms with Gasteiger partial charge in [0.15, 0.2) is 0 Å². The standard InChI is InChI=1S/C18H20N2O3S/c1-23-17(21)11-14-12-24-10-9-20(14)18(22)16-8-7-15(19-16)13-5-3-2-4-6-13/h2-8,14,19H,9-12H2,1H3/t14-/m0/s1. The Bertz CT molecular complexity index is 714. The van der Waals surface area contributed by atoms with E-state index in [0.717, 1.165) is 22.8 Å². The summed E-state index contributed by atoms with van der Waals surface area (Å²) in [5, 5.41) is 0. The van der Waals surface area contributed by atoms with Gasteiger partial charge in [-0.25, -0.2) is 0 Å². The van der Waals surface area contributed by atoms with Crippen LogP contribution >= 0.6 is 11.8 Å². The van der Waals surface area contributed by atoms with Gasteiger partial charge in [-0.1, -0.05) is 30.3 Å². The maximum Gasteiger partial charge on any atom is 0.307 e. The zero-order chi connectivity index (χ0) is 16.9. The molecule has 2 heterocycles. The molecule has 24 heavy (non-hydrogen) atoms. The molecule has 1 atom stereocenters. The molecule has 1 aliphatic rings. The summed E-state index contributed by atoms with van der Waals surface area (Å²) >= 11 is 1.76. The van der Waals surface area contributed by atoms with Crippen LogP contribution in [-0.4, -0.2) is 53.0 Å². The first-order chi connectivity index (χ1) is 11.7. The van der Waals surface area contributed by atoms with E-state index in [1.165, 1.54) is 7.11 Å². The molecule has 6 heteroatoms. The minimum absolute atomic E-state index is 0.0635. The van der Waals surface area contributed by atoms with Crippen molar-refractivity contribution >= 4 is 23.6 Å². The minimum Gasteiger partial charge on any atom is -0.469 e. The van der Waals surface area contributed by atoms with E-state index in [4.69, 9.17) is 4.74 Å². The molecule has 0 unspecified atom stereocenters. The molecular weight excluding hydrogens is 324 g/mol. The van der Waals surface area contributed by atoms with Crippen LogP contribution in [0.1, 0.15) is 16.9 Å². The lowest BCUT2D eigenvalue weighted by molar-refractivity contribution is -0.141. The van der Waals surface area contributed by atoms with Gasteiger partial charge in [-0.15, -0.1) is 0 Å². The number of carbonyl (C=O) groups excluding carboxylic acids is 2. The van der Waals surface area contributed by atoms with E-state index in [2.05, 4.69) is 4.98 Å². The van der Waals surface area contributed by atoms with Crippen LogP contribution in [0.4, 0.5) is 0 Å². The van der Waals surface area contributed by atoms with Crippen LogP contribution in [0.25, 0.3) is 11.3 Å². The number of hydrogen-bond donors (Lipinski definition) is 1. The highest BCUT2D eigenvalue weighted by atomic mass is 32.2. The van der Waals surface area contributed by atoms with Gasteiger partial charge >= 0.3 is 5.97 Å². The number of nitrogens with zero attached hydrogens (tertiary/aromatic N) is 1. The molecule has 1 saturated heterocycles. The van der Waals surface area contributed by atoms with Crippen LogP contribution in [-0.2, 0) is 9.53 Å². The van der Waals surface area contributed by atoms with Crippen molar-refractivity contribution in [3.05, 3.63) is 48.2 Å². The Hall–Kier alpha value is -2.21. The zero-order valence-corrected chi connectivity index (χ0v) is 14.3. The quantitative estimate of drug-likeness (QED) is 0.867. The van der Waals surface area contributed by atoms with Gasteiger partial charge in [0, 0.05) is 23.7 Å². The number of hydrogen-bond acceptors (Lipinski definition) is 4. The van der Waals surface area contributed by atoms with Gasteiger partial charge in [0.25, 0.3) is 5.91 Å². The van der Waals surface area contributed by atoms with Crippen molar-refractivity contribution in [1.29, 1.82) is 0 Å². The third-order valence-electron chi connectivity index (χ3n) is 4.12. The lowest BCUT2D eigenvalue weighted by Gasteiger charge is -2.34. The zero-order valence-electron chi connectivity index (χ0n) is 13.5. The van der Waals surface area contributed by atoms with E-state index in [1.54, 1.807) is 16.7 Å². The summed E-state index contributed by atoms with van der Waals surface area (Å²) in [4.78, 5) is 29.4. The molecule has 1 amide bonds. The van der Waals surface area contributed by atoms with E-state index in [1.807, 2.05) is 42.5 Å². The van der Waals surface area contributed by atoms with Crippen LogP contribution in [0.15, 0.2) is 42.5 Å². The smallest absolute Gasteiger partial charge is 0.307 e. The summed E-state index contributed by atoms with van der Waals surface area (Å²) in [6, 6.07) is 13.5. The molecular formula is C18H20N2O3S. The number of rotatable bonds is 4. The highest BCUT2D eigenvalue weighted by Gasteiger charge is 2.30. The number of amides is 1. The molecule has 1 aromatic carbocycles. The van der Waals surface area contributed by atoms with E-state index in [9.17, 15) is 9.59 Å². The number of H-pyrrole nitrogens is 1. The van der Waals surface area contributed by atoms with Gasteiger partial charge in [-0.2, -0.15) is 11.8 Å². The average Bonchev–Trinajstić information content (AvgIpc) is 3.12. The number of methoxy groups -OCH3 is 1. The lowest BCUT2D eigenvalue weighted by Crippen LogP contribution is -2.47. The van der Waals surface area contributed by atoms with Crippen molar-refractivity contribution in [3.63, 3.8) is 0 Å². The predicted octanol–water partition coefficient (Wildman–Crippen LogP) is 2.80. The van der Waals surface area contributed by atoms with Gasteiger partial charge < -0.3 is 14.6 Å². The number of benzene rings is 1. The Morgan fingerprint density at radius 2 is 2.04 bits per heavy atom. The number of thioether (sulfide) groups is 1. The SMILES string of the molecule is COC(=O)C[C@H]1CSCCN1C(=O)c1ccc(-c2ccccc2)[nH]1. The maximum atomic E-state index is 12.9. The largest absolute Gasteiger partial charge is 0.469 e. The summed E-state index contributed by atoms with van der Waals surface area (Å²) < 4.78 is 4.75. The Labute approximate surface area is 145 Å². The molecule has 0 bridgehead atoms. The van der Waals surface area contributed by atoms with Crippen molar-refractivity contribution in [2.24, 2.45) is 0 Å². The van der Waals surface area contributed by atoms with Crippen LogP contribution in [0.3, 0.4) is 0 Å². The molecule has 1 N–H and O–H groups in total. The molecule has 0 saturated carbocycles. The first-order valence-electron chi connectivity index (χ1n) is 7.89. The second-order valence-electron chi connectivity index (χ2n) is 5.66. The Morgan fingerprint density at radius 3 is 2.79 bits per heavy atom. The van der Waals surface area contributed by atoms with Gasteiger partial charge in [0.1, 0.15) is 5.69 Å². The lowest BCUT2D eigenvalue weighted by atomic mass is 10.2. The molecule has 5 nitrogen and oxygen atoms in total. The third-order valence-corrected chi connectivity index (χ3v) is 5.21. The van der Waals surface area contributed by atoms with E-state index < -0.39 is 0 Å². The van der Waals surface area contributed by atoms with Crippen molar-refractivity contribution in [2.75, 3.05) is 25.2 Å². The number of aromatic amines is 1. The van der Waals surface area contributed by atoms with E-state index >= 15 is 0 Å². The highest BCUT2D eigenvalue weighted by molar-refractivity contribution is 7.99. The Kier molecular flexibility index (Phi) is 5.25. The first-order valence-corrected chi connectivity index (χ1v) is 9.04. The maximum absolute atomic E-state index is 12.9. The van der Waals surface area contributed by atoms with Gasteiger partial charge in [-0.05, 0) is 17.7 Å². The molecule has 1 aliphatic heterocycles. The number of ether oxygens (including phenoxy) is 1. The summed E-state index contributed by atoms with van der Waals surface area (Å²) in [6.07, 6.45) is 0.238. The van der Waals surface area contributed by atoms with Crippen LogP contribution in [0.5, 0.6) is 0 Å². The molecule has 0 radical (unpaired) electrons. The second kappa shape index (κ2) is 7.57. The van der Waals surface area contributed by atoms with Crippen LogP contribution in [0.2, 0.25) is 0 Å². The topological polar surface area (TPSA) is 62.4 Å². The van der Waals surface area contributed by atoms with E-state index in [0.29, 0.717) is 12.2 Å². The van der Waals surface area contributed by atoms with Gasteiger partial charge in [0.2, 0.25) is 0 Å². The summed E-state index contributed by atoms with van der Waals surface area (Å²) in [7, 11) is 1.38. The molecule has 3 rings (SSSR count). The molecule has 2 aromatic rings. The average molecular weight is 344 g/mol. The molecule has 0 spiro atoms. The highest BCUT2D eigenvalue weighted by Crippen LogP contribution is 2.23. The Morgan fingerprint density at radius 1 is 1.25 bits per heavy atom. The molecule has 1 fully saturated rings. The van der Waals surface area contributed by atoms with Crippen molar-refractivity contribution in [1.82, 2.24) is 9.88 Å². The second-order valence-corrected chi connectivity index (χ2v) is 6.81. The number of nitrogens with one attached hydrogen (secondary N) is 1. The van der Waals surface area contributed by atoms with Crippen molar-refractivity contribution in [3.8, 4) is 11.3 Å². The third kappa shape index (κ3) is 3.64. The normalized spacial score (nSPS) is 17.5. The van der Waals surface area contributed by atoms with Crippen LogP contribution in [0, 0.1) is 0 Å². The molecule has 0 aliphatic carbocycles. The fraction of sp³-hybridized carbons (Fsp3) is 0.333.